The van der Waals surface area contributed by atoms with Gasteiger partial charge >= 0.3 is 0 Å². The highest BCUT2D eigenvalue weighted by atomic mass is 32.2. The Morgan fingerprint density at radius 1 is 1.32 bits per heavy atom. The molecule has 0 aliphatic heterocycles. The highest BCUT2D eigenvalue weighted by Crippen LogP contribution is 2.32. The van der Waals surface area contributed by atoms with Gasteiger partial charge in [0.25, 0.3) is 0 Å². The first kappa shape index (κ1) is 13.9. The van der Waals surface area contributed by atoms with Gasteiger partial charge in [-0.05, 0) is 36.6 Å². The molecular formula is C15H13FN4S2. The van der Waals surface area contributed by atoms with Crippen LogP contribution in [-0.2, 0) is 5.75 Å². The summed E-state index contributed by atoms with van der Waals surface area (Å²) in [5, 5.41) is 13.3. The van der Waals surface area contributed by atoms with E-state index >= 15 is 0 Å². The topological polar surface area (TPSA) is 50.7 Å². The molecule has 0 unspecified atom stereocenters. The third kappa shape index (κ3) is 3.05. The van der Waals surface area contributed by atoms with E-state index in [0.717, 1.165) is 25.9 Å². The fourth-order valence-corrected chi connectivity index (χ4v) is 4.01. The number of nitrogens with zero attached hydrogens (tertiary/aromatic N) is 3. The van der Waals surface area contributed by atoms with Gasteiger partial charge in [0.2, 0.25) is 5.13 Å². The van der Waals surface area contributed by atoms with E-state index in [2.05, 4.69) is 20.5 Å². The van der Waals surface area contributed by atoms with Crippen molar-refractivity contribution in [2.24, 2.45) is 0 Å². The zero-order chi connectivity index (χ0) is 14.9. The molecule has 4 rings (SSSR count). The minimum absolute atomic E-state index is 0.232. The van der Waals surface area contributed by atoms with Gasteiger partial charge in [-0.3, -0.25) is 4.98 Å². The van der Waals surface area contributed by atoms with E-state index in [4.69, 9.17) is 0 Å². The van der Waals surface area contributed by atoms with E-state index in [1.165, 1.54) is 18.9 Å². The number of fused-ring (bicyclic) bond motifs is 1. The maximum Gasteiger partial charge on any atom is 0.206 e. The molecule has 2 aromatic heterocycles. The molecular weight excluding hydrogens is 319 g/mol. The maximum absolute atomic E-state index is 13.7. The van der Waals surface area contributed by atoms with Crippen LogP contribution in [0.5, 0.6) is 0 Å². The fraction of sp³-hybridized carbons (Fsp3) is 0.267. The van der Waals surface area contributed by atoms with Gasteiger partial charge < -0.3 is 5.32 Å². The van der Waals surface area contributed by atoms with Crippen molar-refractivity contribution in [1.82, 2.24) is 15.2 Å². The van der Waals surface area contributed by atoms with Gasteiger partial charge in [0.05, 0.1) is 5.52 Å². The van der Waals surface area contributed by atoms with E-state index in [0.29, 0.717) is 11.8 Å². The number of halogens is 1. The van der Waals surface area contributed by atoms with Gasteiger partial charge in [-0.1, -0.05) is 29.2 Å². The Kier molecular flexibility index (Phi) is 3.67. The normalized spacial score (nSPS) is 14.4. The monoisotopic (exact) mass is 332 g/mol. The molecule has 2 heterocycles. The first-order chi connectivity index (χ1) is 10.8. The third-order valence-corrected chi connectivity index (χ3v) is 5.45. The van der Waals surface area contributed by atoms with Crippen LogP contribution in [0.4, 0.5) is 9.52 Å². The average molecular weight is 332 g/mol. The van der Waals surface area contributed by atoms with Crippen molar-refractivity contribution in [1.29, 1.82) is 0 Å². The predicted octanol–water partition coefficient (Wildman–Crippen LogP) is 4.09. The number of pyridine rings is 1. The minimum Gasteiger partial charge on any atom is -0.357 e. The van der Waals surface area contributed by atoms with E-state index in [1.54, 1.807) is 35.4 Å². The van der Waals surface area contributed by atoms with Crippen molar-refractivity contribution < 1.29 is 4.39 Å². The molecule has 112 valence electrons. The zero-order valence-electron chi connectivity index (χ0n) is 11.6. The van der Waals surface area contributed by atoms with Crippen molar-refractivity contribution in [2.45, 2.75) is 29.0 Å². The zero-order valence-corrected chi connectivity index (χ0v) is 13.3. The molecule has 1 fully saturated rings. The van der Waals surface area contributed by atoms with Gasteiger partial charge in [0.15, 0.2) is 4.34 Å². The lowest BCUT2D eigenvalue weighted by molar-refractivity contribution is 0.628. The Morgan fingerprint density at radius 2 is 2.23 bits per heavy atom. The molecule has 22 heavy (non-hydrogen) atoms. The molecule has 0 radical (unpaired) electrons. The molecule has 0 atom stereocenters. The molecule has 1 N–H and O–H groups in total. The van der Waals surface area contributed by atoms with E-state index in [-0.39, 0.29) is 5.82 Å². The Hall–Kier alpha value is -1.73. The summed E-state index contributed by atoms with van der Waals surface area (Å²) in [6.45, 7) is 0. The van der Waals surface area contributed by atoms with Crippen LogP contribution in [0.2, 0.25) is 0 Å². The lowest BCUT2D eigenvalue weighted by atomic mass is 10.1. The molecule has 7 heteroatoms. The quantitative estimate of drug-likeness (QED) is 0.713. The summed E-state index contributed by atoms with van der Waals surface area (Å²) >= 11 is 3.11. The number of rotatable bonds is 5. The minimum atomic E-state index is -0.232. The number of hydrogen-bond acceptors (Lipinski definition) is 6. The summed E-state index contributed by atoms with van der Waals surface area (Å²) in [5.41, 5.74) is 1.73. The van der Waals surface area contributed by atoms with E-state index < -0.39 is 0 Å². The van der Waals surface area contributed by atoms with Crippen LogP contribution in [-0.4, -0.2) is 21.2 Å². The standard InChI is InChI=1S/C15H13FN4S2/c16-11-6-9-2-1-5-17-13(9)10(7-11)8-21-15-20-19-14(22-15)18-12-3-4-12/h1-2,5-7,12H,3-4,8H2,(H,18,19). The Bertz CT molecular complexity index is 816. The molecule has 1 aliphatic rings. The molecule has 0 bridgehead atoms. The summed E-state index contributed by atoms with van der Waals surface area (Å²) in [7, 11) is 0. The van der Waals surface area contributed by atoms with Crippen molar-refractivity contribution in [2.75, 3.05) is 5.32 Å². The second-order valence-corrected chi connectivity index (χ2v) is 7.42. The van der Waals surface area contributed by atoms with Crippen molar-refractivity contribution in [3.8, 4) is 0 Å². The molecule has 0 saturated heterocycles. The highest BCUT2D eigenvalue weighted by Gasteiger charge is 2.22. The van der Waals surface area contributed by atoms with Gasteiger partial charge in [-0.15, -0.1) is 10.2 Å². The molecule has 4 nitrogen and oxygen atoms in total. The largest absolute Gasteiger partial charge is 0.357 e. The average Bonchev–Trinajstić information content (AvgIpc) is 3.21. The Labute approximate surface area is 135 Å². The van der Waals surface area contributed by atoms with Gasteiger partial charge in [0, 0.05) is 23.4 Å². The van der Waals surface area contributed by atoms with Crippen LogP contribution < -0.4 is 5.32 Å². The lowest BCUT2D eigenvalue weighted by Gasteiger charge is -2.04. The van der Waals surface area contributed by atoms with Crippen LogP contribution in [0.3, 0.4) is 0 Å². The predicted molar refractivity (Wildman–Crippen MR) is 87.8 cm³/mol. The molecule has 1 aliphatic carbocycles. The van der Waals surface area contributed by atoms with Crippen LogP contribution in [0.25, 0.3) is 10.9 Å². The second kappa shape index (κ2) is 5.81. The summed E-state index contributed by atoms with van der Waals surface area (Å²) in [6.07, 6.45) is 4.16. The number of anilines is 1. The number of benzene rings is 1. The number of hydrogen-bond donors (Lipinski definition) is 1. The van der Waals surface area contributed by atoms with Crippen LogP contribution in [0.1, 0.15) is 18.4 Å². The van der Waals surface area contributed by atoms with Crippen molar-refractivity contribution >= 4 is 39.1 Å². The number of thioether (sulfide) groups is 1. The maximum atomic E-state index is 13.7. The summed E-state index contributed by atoms with van der Waals surface area (Å²) < 4.78 is 14.6. The molecule has 0 amide bonds. The molecule has 3 aromatic rings. The summed E-state index contributed by atoms with van der Waals surface area (Å²) in [6, 6.07) is 7.33. The Morgan fingerprint density at radius 3 is 3.09 bits per heavy atom. The second-order valence-electron chi connectivity index (χ2n) is 5.22. The first-order valence-corrected chi connectivity index (χ1v) is 8.84. The third-order valence-electron chi connectivity index (χ3n) is 3.41. The highest BCUT2D eigenvalue weighted by molar-refractivity contribution is 8.00. The molecule has 0 spiro atoms. The SMILES string of the molecule is Fc1cc(CSc2nnc(NC3CC3)s2)c2ncccc2c1. The van der Waals surface area contributed by atoms with Crippen molar-refractivity contribution in [3.05, 3.63) is 41.8 Å². The number of nitrogens with one attached hydrogen (secondary N) is 1. The fourth-order valence-electron chi connectivity index (χ4n) is 2.21. The summed E-state index contributed by atoms with van der Waals surface area (Å²) in [4.78, 5) is 4.36. The molecule has 1 aromatic carbocycles. The number of aromatic nitrogens is 3. The van der Waals surface area contributed by atoms with Crippen LogP contribution in [0.15, 0.2) is 34.8 Å². The van der Waals surface area contributed by atoms with Crippen LogP contribution in [0, 0.1) is 5.82 Å². The molecule has 1 saturated carbocycles. The smallest absolute Gasteiger partial charge is 0.206 e. The lowest BCUT2D eigenvalue weighted by Crippen LogP contribution is -1.99. The first-order valence-electron chi connectivity index (χ1n) is 7.04. The van der Waals surface area contributed by atoms with Gasteiger partial charge in [0.1, 0.15) is 5.82 Å². The summed E-state index contributed by atoms with van der Waals surface area (Å²) in [5.74, 6) is 0.396. The van der Waals surface area contributed by atoms with Crippen LogP contribution >= 0.6 is 23.1 Å². The van der Waals surface area contributed by atoms with Crippen molar-refractivity contribution in [3.63, 3.8) is 0 Å². The van der Waals surface area contributed by atoms with E-state index in [9.17, 15) is 4.39 Å². The van der Waals surface area contributed by atoms with E-state index in [1.807, 2.05) is 12.1 Å². The van der Waals surface area contributed by atoms with Gasteiger partial charge in [-0.25, -0.2) is 4.39 Å². The Balaban J connectivity index is 1.52. The van der Waals surface area contributed by atoms with Gasteiger partial charge in [-0.2, -0.15) is 0 Å².